The maximum atomic E-state index is 6.12. The summed E-state index contributed by atoms with van der Waals surface area (Å²) in [7, 11) is 0. The van der Waals surface area contributed by atoms with E-state index in [1.165, 1.54) is 5.56 Å². The summed E-state index contributed by atoms with van der Waals surface area (Å²) in [6, 6.07) is 28.6. The van der Waals surface area contributed by atoms with Crippen LogP contribution >= 0.6 is 0 Å². The van der Waals surface area contributed by atoms with Crippen LogP contribution in [0.2, 0.25) is 0 Å². The number of benzene rings is 4. The molecule has 0 atom stereocenters. The molecule has 0 unspecified atom stereocenters. The molecule has 0 bridgehead atoms. The van der Waals surface area contributed by atoms with E-state index in [1.54, 1.807) is 12.2 Å². The molecule has 0 saturated carbocycles. The van der Waals surface area contributed by atoms with E-state index < -0.39 is 0 Å². The number of nitrogen functional groups attached to an aromatic ring is 2. The summed E-state index contributed by atoms with van der Waals surface area (Å²) < 4.78 is 18.1. The van der Waals surface area contributed by atoms with Gasteiger partial charge in [-0.3, -0.25) is 0 Å². The van der Waals surface area contributed by atoms with Crippen molar-refractivity contribution in [3.8, 4) is 28.7 Å². The Morgan fingerprint density at radius 2 is 1.13 bits per heavy atom. The summed E-state index contributed by atoms with van der Waals surface area (Å²) in [5.74, 6) is 4.25. The largest absolute Gasteiger partial charge is 0.462 e. The fourth-order valence-electron chi connectivity index (χ4n) is 3.75. The van der Waals surface area contributed by atoms with Crippen molar-refractivity contribution in [3.05, 3.63) is 138 Å². The van der Waals surface area contributed by atoms with Gasteiger partial charge in [0.1, 0.15) is 34.5 Å². The van der Waals surface area contributed by atoms with Crippen molar-refractivity contribution in [1.82, 2.24) is 0 Å². The Kier molecular flexibility index (Phi) is 8.93. The topological polar surface area (TPSA) is 106 Å². The van der Waals surface area contributed by atoms with Crippen LogP contribution in [0.25, 0.3) is 0 Å². The van der Waals surface area contributed by atoms with Crippen LogP contribution in [0.1, 0.15) is 18.1 Å². The van der Waals surface area contributed by atoms with Gasteiger partial charge in [0.15, 0.2) is 0 Å². The van der Waals surface area contributed by atoms with Crippen LogP contribution in [0.3, 0.4) is 0 Å². The molecule has 0 aliphatic carbocycles. The van der Waals surface area contributed by atoms with Gasteiger partial charge >= 0.3 is 0 Å². The monoisotopic (exact) mass is 519 g/mol. The minimum atomic E-state index is 0.582. The molecular weight excluding hydrogens is 486 g/mol. The van der Waals surface area contributed by atoms with Crippen LogP contribution in [-0.2, 0) is 12.8 Å². The Morgan fingerprint density at radius 1 is 0.641 bits per heavy atom. The summed E-state index contributed by atoms with van der Waals surface area (Å²) in [5.41, 5.74) is 21.6. The Bertz CT molecular complexity index is 1390. The Morgan fingerprint density at radius 3 is 1.64 bits per heavy atom. The minimum Gasteiger partial charge on any atom is -0.462 e. The number of hydrogen-bond acceptors (Lipinski definition) is 6. The second-order valence-corrected chi connectivity index (χ2v) is 9.05. The molecule has 0 spiro atoms. The van der Waals surface area contributed by atoms with E-state index in [4.69, 9.17) is 31.4 Å². The molecule has 0 radical (unpaired) electrons. The van der Waals surface area contributed by atoms with Crippen molar-refractivity contribution in [1.29, 1.82) is 0 Å². The summed E-state index contributed by atoms with van der Waals surface area (Å²) in [6.45, 7) is 5.52. The highest BCUT2D eigenvalue weighted by molar-refractivity contribution is 5.47. The second kappa shape index (κ2) is 12.9. The van der Waals surface area contributed by atoms with Gasteiger partial charge in [-0.05, 0) is 122 Å². The minimum absolute atomic E-state index is 0.582. The standard InChI is InChI=1S/C33H33N3O3/c1-3-26(34)9-4-23(2)37-29-14-7-24(8-15-29)5-6-25-20-32(38-30-16-10-27(35)11-17-30)22-33(21-25)39-31-18-12-28(36)13-19-31/h3-4,7-22H,1,5-6,34-36H2,2H3/b23-4+,26-9+. The molecule has 0 amide bonds. The highest BCUT2D eigenvalue weighted by Crippen LogP contribution is 2.31. The first kappa shape index (κ1) is 26.9. The molecule has 4 rings (SSSR count). The lowest BCUT2D eigenvalue weighted by Gasteiger charge is -2.13. The van der Waals surface area contributed by atoms with Crippen molar-refractivity contribution in [2.45, 2.75) is 19.8 Å². The normalized spacial score (nSPS) is 11.6. The number of anilines is 2. The van der Waals surface area contributed by atoms with E-state index in [1.807, 2.05) is 91.9 Å². The van der Waals surface area contributed by atoms with Crippen LogP contribution in [-0.4, -0.2) is 0 Å². The van der Waals surface area contributed by atoms with E-state index >= 15 is 0 Å². The van der Waals surface area contributed by atoms with Gasteiger partial charge < -0.3 is 31.4 Å². The van der Waals surface area contributed by atoms with Gasteiger partial charge in [-0.2, -0.15) is 0 Å². The first-order chi connectivity index (χ1) is 18.9. The first-order valence-electron chi connectivity index (χ1n) is 12.6. The van der Waals surface area contributed by atoms with Gasteiger partial charge in [0.05, 0.1) is 0 Å². The molecule has 6 N–H and O–H groups in total. The van der Waals surface area contributed by atoms with Gasteiger partial charge in [0.25, 0.3) is 0 Å². The Labute approximate surface area is 229 Å². The van der Waals surface area contributed by atoms with Crippen molar-refractivity contribution in [2.75, 3.05) is 11.5 Å². The zero-order valence-corrected chi connectivity index (χ0v) is 22.0. The number of aryl methyl sites for hydroxylation is 2. The maximum Gasteiger partial charge on any atom is 0.131 e. The molecule has 4 aromatic rings. The van der Waals surface area contributed by atoms with Crippen molar-refractivity contribution < 1.29 is 14.2 Å². The number of nitrogens with two attached hydrogens (primary N) is 3. The lowest BCUT2D eigenvalue weighted by Crippen LogP contribution is -1.96. The molecule has 0 aliphatic heterocycles. The fourth-order valence-corrected chi connectivity index (χ4v) is 3.75. The van der Waals surface area contributed by atoms with Crippen LogP contribution in [0, 0.1) is 0 Å². The van der Waals surface area contributed by atoms with Crippen LogP contribution in [0.5, 0.6) is 28.7 Å². The van der Waals surface area contributed by atoms with Gasteiger partial charge in [-0.25, -0.2) is 0 Å². The molecule has 4 aromatic carbocycles. The molecule has 6 nitrogen and oxygen atoms in total. The molecule has 198 valence electrons. The Balaban J connectivity index is 1.47. The molecule has 0 aromatic heterocycles. The zero-order valence-electron chi connectivity index (χ0n) is 22.0. The first-order valence-corrected chi connectivity index (χ1v) is 12.6. The summed E-state index contributed by atoms with van der Waals surface area (Å²) in [6.07, 6.45) is 6.79. The third-order valence-electron chi connectivity index (χ3n) is 5.82. The molecular formula is C33H33N3O3. The molecule has 39 heavy (non-hydrogen) atoms. The number of hydrogen-bond donors (Lipinski definition) is 3. The molecule has 0 saturated heterocycles. The van der Waals surface area contributed by atoms with E-state index in [0.717, 1.165) is 29.9 Å². The average molecular weight is 520 g/mol. The smallest absolute Gasteiger partial charge is 0.131 e. The molecule has 0 fully saturated rings. The van der Waals surface area contributed by atoms with Crippen LogP contribution in [0.4, 0.5) is 11.4 Å². The second-order valence-electron chi connectivity index (χ2n) is 9.05. The predicted molar refractivity (Wildman–Crippen MR) is 159 cm³/mol. The van der Waals surface area contributed by atoms with Gasteiger partial charge in [0.2, 0.25) is 0 Å². The molecule has 6 heteroatoms. The van der Waals surface area contributed by atoms with E-state index in [9.17, 15) is 0 Å². The van der Waals surface area contributed by atoms with Crippen LogP contribution < -0.4 is 31.4 Å². The summed E-state index contributed by atoms with van der Waals surface area (Å²) >= 11 is 0. The van der Waals surface area contributed by atoms with Crippen LogP contribution in [0.15, 0.2) is 127 Å². The predicted octanol–water partition coefficient (Wildman–Crippen LogP) is 7.53. The van der Waals surface area contributed by atoms with E-state index in [2.05, 4.69) is 18.7 Å². The van der Waals surface area contributed by atoms with E-state index in [-0.39, 0.29) is 0 Å². The number of allylic oxidation sites excluding steroid dienone is 4. The lowest BCUT2D eigenvalue weighted by molar-refractivity contribution is 0.428. The van der Waals surface area contributed by atoms with Gasteiger partial charge in [0, 0.05) is 23.1 Å². The van der Waals surface area contributed by atoms with Gasteiger partial charge in [-0.1, -0.05) is 18.7 Å². The number of ether oxygens (including phenoxy) is 3. The highest BCUT2D eigenvalue weighted by atomic mass is 16.5. The molecule has 0 aliphatic rings. The third-order valence-corrected chi connectivity index (χ3v) is 5.82. The quantitative estimate of drug-likeness (QED) is 0.107. The van der Waals surface area contributed by atoms with Crippen molar-refractivity contribution in [3.63, 3.8) is 0 Å². The summed E-state index contributed by atoms with van der Waals surface area (Å²) in [4.78, 5) is 0. The maximum absolute atomic E-state index is 6.12. The average Bonchev–Trinajstić information content (AvgIpc) is 2.94. The zero-order chi connectivity index (χ0) is 27.6. The SMILES string of the molecule is C=C/C(N)=C\C=C(/C)Oc1ccc(CCc2cc(Oc3ccc(N)cc3)cc(Oc3ccc(N)cc3)c2)cc1. The fraction of sp³-hybridized carbons (Fsp3) is 0.0909. The third kappa shape index (κ3) is 8.47. The lowest BCUT2D eigenvalue weighted by atomic mass is 10.0. The summed E-state index contributed by atoms with van der Waals surface area (Å²) in [5, 5.41) is 0. The number of rotatable bonds is 11. The Hall–Kier alpha value is -5.10. The highest BCUT2D eigenvalue weighted by Gasteiger charge is 2.08. The van der Waals surface area contributed by atoms with Crippen molar-refractivity contribution >= 4 is 11.4 Å². The van der Waals surface area contributed by atoms with Crippen molar-refractivity contribution in [2.24, 2.45) is 5.73 Å². The van der Waals surface area contributed by atoms with Gasteiger partial charge in [-0.15, -0.1) is 0 Å². The molecule has 0 heterocycles. The van der Waals surface area contributed by atoms with E-state index in [0.29, 0.717) is 40.1 Å².